The molecule has 0 aliphatic heterocycles. The Kier molecular flexibility index (Phi) is 4.39. The molecular formula is C17H19N3. The first kappa shape index (κ1) is 14.1. The van der Waals surface area contributed by atoms with Crippen molar-refractivity contribution >= 4 is 11.4 Å². The van der Waals surface area contributed by atoms with Crippen molar-refractivity contribution < 1.29 is 0 Å². The summed E-state index contributed by atoms with van der Waals surface area (Å²) in [4.78, 5) is 2.03. The standard InChI is InChI=1S/C17H19N3/c1-3-15(19)14-9-5-7-11-17(14)20(2)16-10-6-4-8-13(16)12-18/h4-11,15H,3,19H2,1-2H3/t15-/m0/s1. The van der Waals surface area contributed by atoms with Crippen molar-refractivity contribution in [3.05, 3.63) is 59.7 Å². The second kappa shape index (κ2) is 6.23. The van der Waals surface area contributed by atoms with Gasteiger partial charge >= 0.3 is 0 Å². The first-order valence-corrected chi connectivity index (χ1v) is 6.76. The second-order valence-electron chi connectivity index (χ2n) is 4.76. The summed E-state index contributed by atoms with van der Waals surface area (Å²) in [6, 6.07) is 17.9. The Morgan fingerprint density at radius 1 is 1.10 bits per heavy atom. The molecule has 0 aromatic heterocycles. The maximum Gasteiger partial charge on any atom is 0.101 e. The van der Waals surface area contributed by atoms with Gasteiger partial charge in [-0.1, -0.05) is 37.3 Å². The van der Waals surface area contributed by atoms with E-state index in [0.29, 0.717) is 5.56 Å². The van der Waals surface area contributed by atoms with Crippen LogP contribution in [0.4, 0.5) is 11.4 Å². The molecule has 1 atom stereocenters. The minimum Gasteiger partial charge on any atom is -0.343 e. The quantitative estimate of drug-likeness (QED) is 0.916. The van der Waals surface area contributed by atoms with Crippen molar-refractivity contribution in [1.82, 2.24) is 0 Å². The number of anilines is 2. The second-order valence-corrected chi connectivity index (χ2v) is 4.76. The lowest BCUT2D eigenvalue weighted by molar-refractivity contribution is 0.698. The molecule has 2 aromatic rings. The van der Waals surface area contributed by atoms with Crippen molar-refractivity contribution in [3.8, 4) is 6.07 Å². The van der Waals surface area contributed by atoms with E-state index in [-0.39, 0.29) is 6.04 Å². The van der Waals surface area contributed by atoms with Gasteiger partial charge in [0.1, 0.15) is 6.07 Å². The van der Waals surface area contributed by atoms with Crippen molar-refractivity contribution in [2.45, 2.75) is 19.4 Å². The van der Waals surface area contributed by atoms with E-state index in [0.717, 1.165) is 23.4 Å². The summed E-state index contributed by atoms with van der Waals surface area (Å²) in [5.41, 5.74) is 9.89. The van der Waals surface area contributed by atoms with Crippen LogP contribution in [0.1, 0.15) is 30.5 Å². The van der Waals surface area contributed by atoms with Crippen LogP contribution in [0.2, 0.25) is 0 Å². The summed E-state index contributed by atoms with van der Waals surface area (Å²) in [5.74, 6) is 0. The zero-order chi connectivity index (χ0) is 14.5. The van der Waals surface area contributed by atoms with Gasteiger partial charge < -0.3 is 10.6 Å². The number of benzene rings is 2. The Morgan fingerprint density at radius 3 is 2.35 bits per heavy atom. The van der Waals surface area contributed by atoms with Crippen molar-refractivity contribution in [2.24, 2.45) is 5.73 Å². The predicted octanol–water partition coefficient (Wildman–Crippen LogP) is 3.74. The van der Waals surface area contributed by atoms with Crippen LogP contribution in [-0.4, -0.2) is 7.05 Å². The van der Waals surface area contributed by atoms with Gasteiger partial charge in [-0.3, -0.25) is 0 Å². The number of hydrogen-bond donors (Lipinski definition) is 1. The fourth-order valence-electron chi connectivity index (χ4n) is 2.32. The molecule has 0 fully saturated rings. The fourth-order valence-corrected chi connectivity index (χ4v) is 2.32. The third-order valence-corrected chi connectivity index (χ3v) is 3.52. The van der Waals surface area contributed by atoms with E-state index in [1.807, 2.05) is 54.4 Å². The zero-order valence-corrected chi connectivity index (χ0v) is 11.9. The molecule has 0 spiro atoms. The SMILES string of the molecule is CC[C@H](N)c1ccccc1N(C)c1ccccc1C#N. The summed E-state index contributed by atoms with van der Waals surface area (Å²) < 4.78 is 0. The van der Waals surface area contributed by atoms with Crippen molar-refractivity contribution in [1.29, 1.82) is 5.26 Å². The number of nitriles is 1. The maximum absolute atomic E-state index is 9.24. The van der Waals surface area contributed by atoms with Crippen LogP contribution < -0.4 is 10.6 Å². The number of nitrogens with zero attached hydrogens (tertiary/aromatic N) is 2. The van der Waals surface area contributed by atoms with Crippen LogP contribution in [0.3, 0.4) is 0 Å². The maximum atomic E-state index is 9.24. The van der Waals surface area contributed by atoms with Crippen molar-refractivity contribution in [2.75, 3.05) is 11.9 Å². The Labute approximate surface area is 120 Å². The molecule has 0 heterocycles. The highest BCUT2D eigenvalue weighted by Crippen LogP contribution is 2.32. The Bertz CT molecular complexity index is 628. The molecule has 0 aliphatic carbocycles. The van der Waals surface area contributed by atoms with E-state index in [4.69, 9.17) is 5.73 Å². The van der Waals surface area contributed by atoms with Gasteiger partial charge in [0.2, 0.25) is 0 Å². The van der Waals surface area contributed by atoms with Crippen LogP contribution in [0.15, 0.2) is 48.5 Å². The Balaban J connectivity index is 2.49. The number of hydrogen-bond acceptors (Lipinski definition) is 3. The highest BCUT2D eigenvalue weighted by molar-refractivity contribution is 5.71. The fraction of sp³-hybridized carbons (Fsp3) is 0.235. The number of rotatable bonds is 4. The lowest BCUT2D eigenvalue weighted by Gasteiger charge is -2.25. The average molecular weight is 265 g/mol. The summed E-state index contributed by atoms with van der Waals surface area (Å²) >= 11 is 0. The molecule has 2 N–H and O–H groups in total. The molecule has 0 unspecified atom stereocenters. The monoisotopic (exact) mass is 265 g/mol. The topological polar surface area (TPSA) is 53.0 Å². The van der Waals surface area contributed by atoms with Crippen LogP contribution in [0.25, 0.3) is 0 Å². The van der Waals surface area contributed by atoms with Crippen LogP contribution >= 0.6 is 0 Å². The summed E-state index contributed by atoms with van der Waals surface area (Å²) in [6.45, 7) is 2.07. The minimum atomic E-state index is 0.00268. The molecule has 2 rings (SSSR count). The van der Waals surface area contributed by atoms with Gasteiger partial charge in [0, 0.05) is 18.8 Å². The normalized spacial score (nSPS) is 11.7. The third kappa shape index (κ3) is 2.66. The van der Waals surface area contributed by atoms with Crippen molar-refractivity contribution in [3.63, 3.8) is 0 Å². The molecule has 0 aliphatic rings. The van der Waals surface area contributed by atoms with E-state index >= 15 is 0 Å². The zero-order valence-electron chi connectivity index (χ0n) is 11.9. The molecule has 3 nitrogen and oxygen atoms in total. The predicted molar refractivity (Wildman–Crippen MR) is 82.9 cm³/mol. The highest BCUT2D eigenvalue weighted by Gasteiger charge is 2.15. The minimum absolute atomic E-state index is 0.00268. The lowest BCUT2D eigenvalue weighted by atomic mass is 10.0. The van der Waals surface area contributed by atoms with E-state index in [9.17, 15) is 5.26 Å². The highest BCUT2D eigenvalue weighted by atomic mass is 15.1. The molecule has 0 saturated carbocycles. The summed E-state index contributed by atoms with van der Waals surface area (Å²) in [5, 5.41) is 9.24. The molecule has 0 saturated heterocycles. The smallest absolute Gasteiger partial charge is 0.101 e. The van der Waals surface area contributed by atoms with Crippen LogP contribution in [0, 0.1) is 11.3 Å². The first-order chi connectivity index (χ1) is 9.69. The first-order valence-electron chi connectivity index (χ1n) is 6.76. The molecule has 2 aromatic carbocycles. The molecule has 3 heteroatoms. The van der Waals surface area contributed by atoms with E-state index in [2.05, 4.69) is 19.1 Å². The van der Waals surface area contributed by atoms with Gasteiger partial charge in [-0.15, -0.1) is 0 Å². The van der Waals surface area contributed by atoms with Gasteiger partial charge in [-0.05, 0) is 30.2 Å². The number of nitrogens with two attached hydrogens (primary N) is 1. The molecule has 20 heavy (non-hydrogen) atoms. The summed E-state index contributed by atoms with van der Waals surface area (Å²) in [7, 11) is 1.97. The largest absolute Gasteiger partial charge is 0.343 e. The Hall–Kier alpha value is -2.31. The lowest BCUT2D eigenvalue weighted by Crippen LogP contribution is -2.17. The molecule has 0 radical (unpaired) electrons. The van der Waals surface area contributed by atoms with Crippen LogP contribution in [-0.2, 0) is 0 Å². The van der Waals surface area contributed by atoms with E-state index < -0.39 is 0 Å². The van der Waals surface area contributed by atoms with Gasteiger partial charge in [0.15, 0.2) is 0 Å². The summed E-state index contributed by atoms with van der Waals surface area (Å²) in [6.07, 6.45) is 0.880. The Morgan fingerprint density at radius 2 is 1.70 bits per heavy atom. The molecular weight excluding hydrogens is 246 g/mol. The van der Waals surface area contributed by atoms with E-state index in [1.165, 1.54) is 0 Å². The third-order valence-electron chi connectivity index (χ3n) is 3.52. The van der Waals surface area contributed by atoms with E-state index in [1.54, 1.807) is 0 Å². The van der Waals surface area contributed by atoms with Gasteiger partial charge in [-0.2, -0.15) is 5.26 Å². The van der Waals surface area contributed by atoms with Gasteiger partial charge in [0.05, 0.1) is 11.3 Å². The number of para-hydroxylation sites is 2. The molecule has 102 valence electrons. The van der Waals surface area contributed by atoms with Crippen LogP contribution in [0.5, 0.6) is 0 Å². The molecule has 0 amide bonds. The van der Waals surface area contributed by atoms with Gasteiger partial charge in [-0.25, -0.2) is 0 Å². The molecule has 0 bridgehead atoms. The average Bonchev–Trinajstić information content (AvgIpc) is 2.53. The van der Waals surface area contributed by atoms with Gasteiger partial charge in [0.25, 0.3) is 0 Å².